The van der Waals surface area contributed by atoms with E-state index in [2.05, 4.69) is 15.3 Å². The van der Waals surface area contributed by atoms with Crippen LogP contribution in [0.2, 0.25) is 0 Å². The first-order valence-electron chi connectivity index (χ1n) is 3.44. The van der Waals surface area contributed by atoms with Gasteiger partial charge in [0.25, 0.3) is 0 Å². The van der Waals surface area contributed by atoms with Crippen LogP contribution in [0.3, 0.4) is 0 Å². The van der Waals surface area contributed by atoms with Crippen LogP contribution in [0.15, 0.2) is 0 Å². The minimum absolute atomic E-state index is 0.146. The molecule has 0 radical (unpaired) electrons. The third kappa shape index (κ3) is 2.29. The smallest absolute Gasteiger partial charge is 0.283 e. The molecule has 11 heavy (non-hydrogen) atoms. The van der Waals surface area contributed by atoms with E-state index in [-0.39, 0.29) is 11.9 Å². The number of carbonyl (C=O) groups is 1. The zero-order valence-electron chi connectivity index (χ0n) is 6.55. The predicted octanol–water partition coefficient (Wildman–Crippen LogP) is -0.188. The average molecular weight is 177 g/mol. The first-order chi connectivity index (χ1) is 5.02. The molecule has 3 N–H and O–H groups in total. The van der Waals surface area contributed by atoms with E-state index in [1.165, 1.54) is 6.92 Å². The average Bonchev–Trinajstić information content (AvgIpc) is 2.08. The molecule has 1 aliphatic heterocycles. The fourth-order valence-corrected chi connectivity index (χ4v) is 2.88. The second-order valence-corrected chi connectivity index (χ2v) is 4.69. The van der Waals surface area contributed by atoms with E-state index in [9.17, 15) is 9.36 Å². The number of carbonyl (C=O) groups excluding carboxylic acids is 1. The highest BCUT2D eigenvalue weighted by atomic mass is 31.2. The molecule has 1 amide bonds. The fraction of sp³-hybridized carbons (Fsp3) is 0.800. The molecule has 1 aliphatic rings. The first-order valence-corrected chi connectivity index (χ1v) is 5.14. The Bertz CT molecular complexity index is 218. The highest BCUT2D eigenvalue weighted by Gasteiger charge is 2.30. The van der Waals surface area contributed by atoms with E-state index >= 15 is 0 Å². The summed E-state index contributed by atoms with van der Waals surface area (Å²) in [5, 5.41) is 7.84. The van der Waals surface area contributed by atoms with Crippen molar-refractivity contribution in [1.82, 2.24) is 15.3 Å². The van der Waals surface area contributed by atoms with Crippen LogP contribution >= 0.6 is 7.59 Å². The molecule has 0 aromatic heterocycles. The normalized spacial score (nSPS) is 37.1. The van der Waals surface area contributed by atoms with Crippen LogP contribution in [0, 0.1) is 0 Å². The molecular weight excluding hydrogens is 165 g/mol. The van der Waals surface area contributed by atoms with Gasteiger partial charge >= 0.3 is 7.59 Å². The van der Waals surface area contributed by atoms with Crippen molar-refractivity contribution >= 4 is 13.5 Å². The monoisotopic (exact) mass is 177 g/mol. The lowest BCUT2D eigenvalue weighted by molar-refractivity contribution is -0.117. The Labute approximate surface area is 65.5 Å². The number of hydrogen-bond acceptors (Lipinski definition) is 2. The Morgan fingerprint density at radius 2 is 2.36 bits per heavy atom. The van der Waals surface area contributed by atoms with Gasteiger partial charge in [0.1, 0.15) is 0 Å². The quantitative estimate of drug-likeness (QED) is 0.485. The Kier molecular flexibility index (Phi) is 2.32. The molecule has 1 heterocycles. The second-order valence-electron chi connectivity index (χ2n) is 2.67. The van der Waals surface area contributed by atoms with Crippen LogP contribution in [-0.4, -0.2) is 18.5 Å². The van der Waals surface area contributed by atoms with Gasteiger partial charge in [0, 0.05) is 19.5 Å². The summed E-state index contributed by atoms with van der Waals surface area (Å²) in [6.07, 6.45) is 0. The van der Waals surface area contributed by atoms with E-state index < -0.39 is 7.59 Å². The lowest BCUT2D eigenvalue weighted by atomic mass is 10.4. The minimum atomic E-state index is -2.78. The molecule has 1 fully saturated rings. The van der Waals surface area contributed by atoms with Gasteiger partial charge in [-0.1, -0.05) is 0 Å². The molecule has 1 rings (SSSR count). The molecule has 0 saturated carbocycles. The summed E-state index contributed by atoms with van der Waals surface area (Å²) < 4.78 is 11.5. The lowest BCUT2D eigenvalue weighted by Crippen LogP contribution is -2.27. The van der Waals surface area contributed by atoms with E-state index in [4.69, 9.17) is 0 Å². The van der Waals surface area contributed by atoms with E-state index in [1.807, 2.05) is 6.92 Å². The summed E-state index contributed by atoms with van der Waals surface area (Å²) in [5.41, 5.74) is 0. The van der Waals surface area contributed by atoms with E-state index in [1.54, 1.807) is 0 Å². The van der Waals surface area contributed by atoms with Gasteiger partial charge in [0.2, 0.25) is 5.91 Å². The lowest BCUT2D eigenvalue weighted by Gasteiger charge is -2.11. The van der Waals surface area contributed by atoms with Crippen LogP contribution in [0.5, 0.6) is 0 Å². The molecule has 2 unspecified atom stereocenters. The van der Waals surface area contributed by atoms with Gasteiger partial charge in [-0.15, -0.1) is 0 Å². The van der Waals surface area contributed by atoms with E-state index in [0.29, 0.717) is 6.54 Å². The summed E-state index contributed by atoms with van der Waals surface area (Å²) in [4.78, 5) is 10.5. The molecule has 0 spiro atoms. The van der Waals surface area contributed by atoms with Gasteiger partial charge < -0.3 is 0 Å². The van der Waals surface area contributed by atoms with Gasteiger partial charge in [-0.05, 0) is 6.92 Å². The van der Waals surface area contributed by atoms with Crippen molar-refractivity contribution in [3.05, 3.63) is 0 Å². The van der Waals surface area contributed by atoms with Crippen molar-refractivity contribution in [2.75, 3.05) is 6.54 Å². The van der Waals surface area contributed by atoms with Gasteiger partial charge in [-0.2, -0.15) is 0 Å². The Morgan fingerprint density at radius 1 is 1.73 bits per heavy atom. The predicted molar refractivity (Wildman–Crippen MR) is 42.0 cm³/mol. The van der Waals surface area contributed by atoms with E-state index in [0.717, 1.165) is 0 Å². The summed E-state index contributed by atoms with van der Waals surface area (Å²) in [5.74, 6) is -0.289. The molecule has 64 valence electrons. The van der Waals surface area contributed by atoms with Crippen LogP contribution < -0.4 is 15.3 Å². The van der Waals surface area contributed by atoms with Gasteiger partial charge in [-0.3, -0.25) is 14.4 Å². The summed E-state index contributed by atoms with van der Waals surface area (Å²) >= 11 is 0. The first kappa shape index (κ1) is 8.71. The Balaban J connectivity index is 2.56. The largest absolute Gasteiger partial charge is 0.305 e. The molecule has 2 atom stereocenters. The molecular formula is C5H12N3O2P. The minimum Gasteiger partial charge on any atom is -0.283 e. The van der Waals surface area contributed by atoms with Crippen molar-refractivity contribution in [1.29, 1.82) is 0 Å². The Morgan fingerprint density at radius 3 is 2.73 bits per heavy atom. The number of rotatable bonds is 1. The van der Waals surface area contributed by atoms with Gasteiger partial charge in [-0.25, -0.2) is 10.2 Å². The van der Waals surface area contributed by atoms with Crippen molar-refractivity contribution in [3.8, 4) is 0 Å². The van der Waals surface area contributed by atoms with Crippen molar-refractivity contribution in [2.24, 2.45) is 0 Å². The van der Waals surface area contributed by atoms with Gasteiger partial charge in [0.15, 0.2) is 0 Å². The zero-order chi connectivity index (χ0) is 8.48. The number of amides is 1. The highest BCUT2D eigenvalue weighted by Crippen LogP contribution is 2.34. The van der Waals surface area contributed by atoms with Crippen LogP contribution in [0.1, 0.15) is 13.8 Å². The van der Waals surface area contributed by atoms with Crippen molar-refractivity contribution in [2.45, 2.75) is 19.9 Å². The number of hydrogen-bond donors (Lipinski definition) is 3. The SMILES string of the molecule is CC(=O)NP1(=O)NCC(C)N1. The maximum absolute atomic E-state index is 11.5. The zero-order valence-corrected chi connectivity index (χ0v) is 7.44. The maximum atomic E-state index is 11.5. The van der Waals surface area contributed by atoms with Crippen molar-refractivity contribution in [3.63, 3.8) is 0 Å². The topological polar surface area (TPSA) is 70.2 Å². The summed E-state index contributed by atoms with van der Waals surface area (Å²) in [7, 11) is -2.78. The second kappa shape index (κ2) is 2.93. The molecule has 0 bridgehead atoms. The summed E-state index contributed by atoms with van der Waals surface area (Å²) in [6.45, 7) is 3.86. The third-order valence-electron chi connectivity index (χ3n) is 1.34. The summed E-state index contributed by atoms with van der Waals surface area (Å²) in [6, 6.07) is 0.146. The van der Waals surface area contributed by atoms with Crippen LogP contribution in [-0.2, 0) is 9.36 Å². The van der Waals surface area contributed by atoms with Crippen molar-refractivity contribution < 1.29 is 9.36 Å². The molecule has 0 aliphatic carbocycles. The number of nitrogens with one attached hydrogen (secondary N) is 3. The molecule has 1 saturated heterocycles. The fourth-order valence-electron chi connectivity index (χ4n) is 0.961. The van der Waals surface area contributed by atoms with Crippen LogP contribution in [0.4, 0.5) is 0 Å². The molecule has 0 aromatic rings. The van der Waals surface area contributed by atoms with Crippen LogP contribution in [0.25, 0.3) is 0 Å². The third-order valence-corrected chi connectivity index (χ3v) is 3.40. The van der Waals surface area contributed by atoms with Gasteiger partial charge in [0.05, 0.1) is 0 Å². The highest BCUT2D eigenvalue weighted by molar-refractivity contribution is 7.58. The molecule has 6 heteroatoms. The standard InChI is InChI=1S/C5H12N3O2P/c1-4-3-6-11(10,7-4)8-5(2)9/h4H,3H2,1-2H3,(H3,6,7,8,9,10). The molecule has 0 aromatic carbocycles. The maximum Gasteiger partial charge on any atom is 0.305 e. The Hall–Kier alpha value is -0.380. The molecule has 5 nitrogen and oxygen atoms in total.